The lowest BCUT2D eigenvalue weighted by Gasteiger charge is -2.14. The second-order valence-corrected chi connectivity index (χ2v) is 5.59. The molecular formula is C16H17ClN4O. The maximum Gasteiger partial charge on any atom is 0.254 e. The molecule has 1 amide bonds. The van der Waals surface area contributed by atoms with Crippen LogP contribution in [0.5, 0.6) is 0 Å². The van der Waals surface area contributed by atoms with Crippen LogP contribution in [0.4, 0.5) is 0 Å². The smallest absolute Gasteiger partial charge is 0.254 e. The molecule has 6 heteroatoms. The summed E-state index contributed by atoms with van der Waals surface area (Å²) < 4.78 is 1.66. The number of hydrogen-bond acceptors (Lipinski definition) is 3. The summed E-state index contributed by atoms with van der Waals surface area (Å²) in [5.41, 5.74) is 2.67. The summed E-state index contributed by atoms with van der Waals surface area (Å²) in [6.07, 6.45) is 6.39. The van der Waals surface area contributed by atoms with Gasteiger partial charge in [0.2, 0.25) is 0 Å². The van der Waals surface area contributed by atoms with Crippen molar-refractivity contribution in [1.82, 2.24) is 20.4 Å². The first-order valence-corrected chi connectivity index (χ1v) is 7.57. The Balaban J connectivity index is 1.64. The number of halogens is 1. The zero-order valence-corrected chi connectivity index (χ0v) is 12.8. The minimum absolute atomic E-state index is 0.111. The van der Waals surface area contributed by atoms with Crippen LogP contribution in [0.1, 0.15) is 16.8 Å². The van der Waals surface area contributed by atoms with Crippen molar-refractivity contribution in [3.8, 4) is 5.69 Å². The minimum atomic E-state index is -0.111. The zero-order valence-electron chi connectivity index (χ0n) is 12.1. The van der Waals surface area contributed by atoms with Gasteiger partial charge in [-0.25, -0.2) is 4.68 Å². The molecule has 5 nitrogen and oxygen atoms in total. The zero-order chi connectivity index (χ0) is 15.4. The maximum atomic E-state index is 12.2. The van der Waals surface area contributed by atoms with Gasteiger partial charge in [0.25, 0.3) is 5.91 Å². The Labute approximate surface area is 134 Å². The molecule has 0 saturated heterocycles. The van der Waals surface area contributed by atoms with E-state index in [1.165, 1.54) is 5.57 Å². The first-order valence-electron chi connectivity index (χ1n) is 7.20. The fraction of sp³-hybridized carbons (Fsp3) is 0.250. The van der Waals surface area contributed by atoms with Crippen LogP contribution in [0.2, 0.25) is 5.02 Å². The van der Waals surface area contributed by atoms with Gasteiger partial charge in [-0.3, -0.25) is 4.79 Å². The van der Waals surface area contributed by atoms with E-state index in [0.29, 0.717) is 17.1 Å². The molecule has 1 aromatic heterocycles. The van der Waals surface area contributed by atoms with Crippen LogP contribution in [0.25, 0.3) is 5.69 Å². The predicted octanol–water partition coefficient (Wildman–Crippen LogP) is 2.18. The molecule has 0 fully saturated rings. The highest BCUT2D eigenvalue weighted by molar-refractivity contribution is 6.30. The van der Waals surface area contributed by atoms with E-state index in [2.05, 4.69) is 21.8 Å². The highest BCUT2D eigenvalue weighted by Gasteiger charge is 2.10. The van der Waals surface area contributed by atoms with E-state index < -0.39 is 0 Å². The third-order valence-corrected chi connectivity index (χ3v) is 3.82. The number of nitrogens with one attached hydrogen (secondary N) is 2. The lowest BCUT2D eigenvalue weighted by atomic mass is 10.1. The SMILES string of the molecule is O=C(NCC1=CCNCC1)c1cnn(-c2ccc(Cl)cc2)c1. The van der Waals surface area contributed by atoms with Gasteiger partial charge < -0.3 is 10.6 Å². The fourth-order valence-corrected chi connectivity index (χ4v) is 2.43. The van der Waals surface area contributed by atoms with Crippen LogP contribution in [-0.2, 0) is 0 Å². The molecule has 0 bridgehead atoms. The molecule has 22 heavy (non-hydrogen) atoms. The summed E-state index contributed by atoms with van der Waals surface area (Å²) in [5.74, 6) is -0.111. The van der Waals surface area contributed by atoms with Crippen molar-refractivity contribution in [1.29, 1.82) is 0 Å². The van der Waals surface area contributed by atoms with Gasteiger partial charge in [0.05, 0.1) is 17.4 Å². The molecule has 1 aliphatic heterocycles. The van der Waals surface area contributed by atoms with Crippen molar-refractivity contribution in [2.45, 2.75) is 6.42 Å². The van der Waals surface area contributed by atoms with Crippen LogP contribution in [0.3, 0.4) is 0 Å². The van der Waals surface area contributed by atoms with E-state index in [9.17, 15) is 4.79 Å². The third-order valence-electron chi connectivity index (χ3n) is 3.57. The quantitative estimate of drug-likeness (QED) is 0.850. The van der Waals surface area contributed by atoms with Crippen molar-refractivity contribution in [3.63, 3.8) is 0 Å². The number of nitrogens with zero attached hydrogens (tertiary/aromatic N) is 2. The molecule has 1 aliphatic rings. The van der Waals surface area contributed by atoms with E-state index in [1.807, 2.05) is 12.1 Å². The van der Waals surface area contributed by atoms with E-state index in [-0.39, 0.29) is 5.91 Å². The Morgan fingerprint density at radius 1 is 1.36 bits per heavy atom. The first kappa shape index (κ1) is 14.8. The maximum absolute atomic E-state index is 12.2. The van der Waals surface area contributed by atoms with Crippen molar-refractivity contribution >= 4 is 17.5 Å². The molecule has 0 unspecified atom stereocenters. The normalized spacial score (nSPS) is 14.5. The summed E-state index contributed by atoms with van der Waals surface area (Å²) in [6, 6.07) is 7.30. The average Bonchev–Trinajstić information content (AvgIpc) is 3.04. The van der Waals surface area contributed by atoms with E-state index in [1.54, 1.807) is 29.2 Å². The predicted molar refractivity (Wildman–Crippen MR) is 86.5 cm³/mol. The topological polar surface area (TPSA) is 59.0 Å². The summed E-state index contributed by atoms with van der Waals surface area (Å²) >= 11 is 5.87. The average molecular weight is 317 g/mol. The van der Waals surface area contributed by atoms with Gasteiger partial charge in [0.15, 0.2) is 0 Å². The number of amides is 1. The lowest BCUT2D eigenvalue weighted by molar-refractivity contribution is 0.0956. The van der Waals surface area contributed by atoms with Crippen molar-refractivity contribution in [2.75, 3.05) is 19.6 Å². The van der Waals surface area contributed by atoms with Crippen LogP contribution in [-0.4, -0.2) is 35.3 Å². The molecule has 0 aliphatic carbocycles. The molecule has 114 valence electrons. The summed E-state index contributed by atoms with van der Waals surface area (Å²) in [7, 11) is 0. The Morgan fingerprint density at radius 3 is 2.91 bits per heavy atom. The number of rotatable bonds is 4. The Hall–Kier alpha value is -2.11. The second kappa shape index (κ2) is 6.77. The van der Waals surface area contributed by atoms with Gasteiger partial charge in [0.1, 0.15) is 0 Å². The summed E-state index contributed by atoms with van der Waals surface area (Å²) in [4.78, 5) is 12.2. The lowest BCUT2D eigenvalue weighted by Crippen LogP contribution is -2.29. The molecule has 0 atom stereocenters. The molecular weight excluding hydrogens is 300 g/mol. The van der Waals surface area contributed by atoms with E-state index in [4.69, 9.17) is 11.6 Å². The molecule has 0 radical (unpaired) electrons. The highest BCUT2D eigenvalue weighted by Crippen LogP contribution is 2.13. The van der Waals surface area contributed by atoms with Gasteiger partial charge in [-0.1, -0.05) is 23.3 Å². The second-order valence-electron chi connectivity index (χ2n) is 5.15. The van der Waals surface area contributed by atoms with Gasteiger partial charge in [-0.05, 0) is 37.2 Å². The summed E-state index contributed by atoms with van der Waals surface area (Å²) in [6.45, 7) is 2.43. The number of benzene rings is 1. The number of aromatic nitrogens is 2. The standard InChI is InChI=1S/C16H17ClN4O/c17-14-1-3-15(4-2-14)21-11-13(10-20-21)16(22)19-9-12-5-7-18-8-6-12/h1-5,10-11,18H,6-9H2,(H,19,22). The van der Waals surface area contributed by atoms with Crippen LogP contribution in [0.15, 0.2) is 48.3 Å². The number of carbonyl (C=O) groups excluding carboxylic acids is 1. The van der Waals surface area contributed by atoms with Crippen LogP contribution < -0.4 is 10.6 Å². The van der Waals surface area contributed by atoms with Crippen LogP contribution in [0, 0.1) is 0 Å². The molecule has 2 aromatic rings. The Kier molecular flexibility index (Phi) is 4.56. The third kappa shape index (κ3) is 3.55. The first-order chi connectivity index (χ1) is 10.7. The number of carbonyl (C=O) groups is 1. The molecule has 2 N–H and O–H groups in total. The Morgan fingerprint density at radius 2 is 2.18 bits per heavy atom. The molecule has 1 aromatic carbocycles. The number of hydrogen-bond donors (Lipinski definition) is 2. The van der Waals surface area contributed by atoms with Gasteiger partial charge in [0, 0.05) is 24.3 Å². The molecule has 0 saturated carbocycles. The minimum Gasteiger partial charge on any atom is -0.348 e. The summed E-state index contributed by atoms with van der Waals surface area (Å²) in [5, 5.41) is 11.1. The fourth-order valence-electron chi connectivity index (χ4n) is 2.30. The van der Waals surface area contributed by atoms with Crippen molar-refractivity contribution in [3.05, 3.63) is 58.9 Å². The van der Waals surface area contributed by atoms with E-state index in [0.717, 1.165) is 25.2 Å². The Bertz CT molecular complexity index is 690. The molecule has 0 spiro atoms. The van der Waals surface area contributed by atoms with E-state index >= 15 is 0 Å². The van der Waals surface area contributed by atoms with Crippen molar-refractivity contribution in [2.24, 2.45) is 0 Å². The van der Waals surface area contributed by atoms with Gasteiger partial charge >= 0.3 is 0 Å². The van der Waals surface area contributed by atoms with Crippen LogP contribution >= 0.6 is 11.6 Å². The van der Waals surface area contributed by atoms with Crippen molar-refractivity contribution < 1.29 is 4.79 Å². The highest BCUT2D eigenvalue weighted by atomic mass is 35.5. The van der Waals surface area contributed by atoms with Gasteiger partial charge in [-0.2, -0.15) is 5.10 Å². The van der Waals surface area contributed by atoms with Gasteiger partial charge in [-0.15, -0.1) is 0 Å². The largest absolute Gasteiger partial charge is 0.348 e. The molecule has 3 rings (SSSR count). The molecule has 2 heterocycles. The monoisotopic (exact) mass is 316 g/mol.